The van der Waals surface area contributed by atoms with Crippen LogP contribution < -0.4 is 0 Å². The number of aromatic nitrogens is 1. The van der Waals surface area contributed by atoms with Crippen LogP contribution in [0, 0.1) is 11.3 Å². The summed E-state index contributed by atoms with van der Waals surface area (Å²) in [5.41, 5.74) is -0.319. The van der Waals surface area contributed by atoms with Gasteiger partial charge in [0.1, 0.15) is 16.9 Å². The lowest BCUT2D eigenvalue weighted by Crippen LogP contribution is -1.91. The quantitative estimate of drug-likeness (QED) is 0.635. The lowest BCUT2D eigenvalue weighted by atomic mass is 10.2. The van der Waals surface area contributed by atoms with Gasteiger partial charge in [-0.15, -0.1) is 0 Å². The Bertz CT molecular complexity index is 333. The average molecular weight is 189 g/mol. The third kappa shape index (κ3) is 1.69. The Hall–Kier alpha value is -1.21. The molecule has 1 aromatic heterocycles. The highest BCUT2D eigenvalue weighted by atomic mass is 35.5. The molecule has 0 aromatic carbocycles. The Balaban J connectivity index is 3.14. The molecule has 0 unspecified atom stereocenters. The number of nitrogens with zero attached hydrogens (tertiary/aromatic N) is 2. The van der Waals surface area contributed by atoms with Crippen LogP contribution in [0.2, 0.25) is 5.15 Å². The van der Waals surface area contributed by atoms with Gasteiger partial charge >= 0.3 is 0 Å². The van der Waals surface area contributed by atoms with E-state index in [9.17, 15) is 8.78 Å². The van der Waals surface area contributed by atoms with Gasteiger partial charge in [0.05, 0.1) is 5.56 Å². The van der Waals surface area contributed by atoms with Crippen molar-refractivity contribution in [1.29, 1.82) is 5.26 Å². The zero-order valence-electron chi connectivity index (χ0n) is 5.76. The molecule has 0 atom stereocenters. The van der Waals surface area contributed by atoms with Crippen molar-refractivity contribution < 1.29 is 8.78 Å². The maximum atomic E-state index is 12.1. The minimum atomic E-state index is -2.65. The number of alkyl halides is 2. The Morgan fingerprint density at radius 2 is 2.17 bits per heavy atom. The molecule has 0 amide bonds. The molecule has 0 aliphatic rings. The Labute approximate surface area is 72.4 Å². The van der Waals surface area contributed by atoms with Gasteiger partial charge in [-0.1, -0.05) is 11.6 Å². The van der Waals surface area contributed by atoms with Gasteiger partial charge < -0.3 is 0 Å². The van der Waals surface area contributed by atoms with Gasteiger partial charge in [0.2, 0.25) is 0 Å². The van der Waals surface area contributed by atoms with Crippen molar-refractivity contribution in [2.75, 3.05) is 0 Å². The van der Waals surface area contributed by atoms with Gasteiger partial charge in [-0.2, -0.15) is 5.26 Å². The minimum Gasteiger partial charge on any atom is -0.225 e. The average Bonchev–Trinajstić information content (AvgIpc) is 2.03. The van der Waals surface area contributed by atoms with E-state index in [1.54, 1.807) is 6.07 Å². The Morgan fingerprint density at radius 3 is 2.58 bits per heavy atom. The second-order valence-corrected chi connectivity index (χ2v) is 2.35. The number of halogens is 3. The molecule has 0 spiro atoms. The van der Waals surface area contributed by atoms with Gasteiger partial charge in [-0.3, -0.25) is 0 Å². The van der Waals surface area contributed by atoms with E-state index in [1.165, 1.54) is 6.07 Å². The molecule has 0 radical (unpaired) electrons. The van der Waals surface area contributed by atoms with Crippen molar-refractivity contribution in [1.82, 2.24) is 4.98 Å². The molecule has 0 saturated carbocycles. The normalized spacial score (nSPS) is 9.92. The highest BCUT2D eigenvalue weighted by molar-refractivity contribution is 6.30. The lowest BCUT2D eigenvalue weighted by Gasteiger charge is -2.00. The number of rotatable bonds is 1. The van der Waals surface area contributed by atoms with E-state index in [0.29, 0.717) is 0 Å². The van der Waals surface area contributed by atoms with E-state index in [1.807, 2.05) is 0 Å². The first-order chi connectivity index (χ1) is 5.65. The molecule has 1 aromatic rings. The van der Waals surface area contributed by atoms with E-state index in [-0.39, 0.29) is 16.4 Å². The summed E-state index contributed by atoms with van der Waals surface area (Å²) in [5.74, 6) is 0. The topological polar surface area (TPSA) is 36.7 Å². The lowest BCUT2D eigenvalue weighted by molar-refractivity contribution is 0.151. The van der Waals surface area contributed by atoms with Crippen molar-refractivity contribution in [3.63, 3.8) is 0 Å². The molecule has 1 heterocycles. The number of hydrogen-bond donors (Lipinski definition) is 0. The van der Waals surface area contributed by atoms with Crippen molar-refractivity contribution in [3.8, 4) is 6.07 Å². The summed E-state index contributed by atoms with van der Waals surface area (Å²) >= 11 is 5.36. The van der Waals surface area contributed by atoms with Crippen molar-refractivity contribution in [2.45, 2.75) is 6.43 Å². The Morgan fingerprint density at radius 1 is 1.50 bits per heavy atom. The SMILES string of the molecule is N#Cc1ccc(C(F)F)c(Cl)n1. The maximum Gasteiger partial charge on any atom is 0.266 e. The zero-order valence-corrected chi connectivity index (χ0v) is 6.52. The highest BCUT2D eigenvalue weighted by Crippen LogP contribution is 2.24. The van der Waals surface area contributed by atoms with Gasteiger partial charge in [0, 0.05) is 0 Å². The predicted molar refractivity (Wildman–Crippen MR) is 38.9 cm³/mol. The second kappa shape index (κ2) is 3.46. The van der Waals surface area contributed by atoms with Crippen LogP contribution >= 0.6 is 11.6 Å². The molecule has 0 aliphatic carbocycles. The number of hydrogen-bond acceptors (Lipinski definition) is 2. The first kappa shape index (κ1) is 8.88. The summed E-state index contributed by atoms with van der Waals surface area (Å²) < 4.78 is 24.1. The molecule has 0 fully saturated rings. The third-order valence-electron chi connectivity index (χ3n) is 1.23. The fourth-order valence-electron chi connectivity index (χ4n) is 0.670. The highest BCUT2D eigenvalue weighted by Gasteiger charge is 2.12. The molecule has 0 saturated heterocycles. The molecule has 1 rings (SSSR count). The van der Waals surface area contributed by atoms with E-state index in [2.05, 4.69) is 4.98 Å². The molecular weight excluding hydrogens is 186 g/mol. The van der Waals surface area contributed by atoms with Crippen LogP contribution in [0.25, 0.3) is 0 Å². The third-order valence-corrected chi connectivity index (χ3v) is 1.53. The first-order valence-electron chi connectivity index (χ1n) is 3.00. The molecule has 0 aliphatic heterocycles. The maximum absolute atomic E-state index is 12.1. The van der Waals surface area contributed by atoms with Crippen LogP contribution in [-0.4, -0.2) is 4.98 Å². The number of nitriles is 1. The molecule has 0 bridgehead atoms. The minimum absolute atomic E-state index is 0.0319. The van der Waals surface area contributed by atoms with Crippen molar-refractivity contribution >= 4 is 11.6 Å². The van der Waals surface area contributed by atoms with E-state index in [0.717, 1.165) is 6.07 Å². The molecule has 62 valence electrons. The van der Waals surface area contributed by atoms with Crippen LogP contribution in [0.4, 0.5) is 8.78 Å². The van der Waals surface area contributed by atoms with Crippen LogP contribution in [-0.2, 0) is 0 Å². The summed E-state index contributed by atoms with van der Waals surface area (Å²) in [7, 11) is 0. The zero-order chi connectivity index (χ0) is 9.14. The summed E-state index contributed by atoms with van der Waals surface area (Å²) in [4.78, 5) is 3.44. The summed E-state index contributed by atoms with van der Waals surface area (Å²) in [5, 5.41) is 8.02. The summed E-state index contributed by atoms with van der Waals surface area (Å²) in [6, 6.07) is 3.99. The van der Waals surface area contributed by atoms with Crippen LogP contribution in [0.3, 0.4) is 0 Å². The van der Waals surface area contributed by atoms with Crippen LogP contribution in [0.1, 0.15) is 17.7 Å². The molecule has 0 N–H and O–H groups in total. The van der Waals surface area contributed by atoms with E-state index in [4.69, 9.17) is 16.9 Å². The van der Waals surface area contributed by atoms with Crippen LogP contribution in [0.5, 0.6) is 0 Å². The van der Waals surface area contributed by atoms with Crippen molar-refractivity contribution in [2.24, 2.45) is 0 Å². The standard InChI is InChI=1S/C7H3ClF2N2/c8-6-5(7(9)10)2-1-4(3-11)12-6/h1-2,7H. The largest absolute Gasteiger partial charge is 0.266 e. The van der Waals surface area contributed by atoms with Gasteiger partial charge in [0.15, 0.2) is 0 Å². The molecule has 12 heavy (non-hydrogen) atoms. The smallest absolute Gasteiger partial charge is 0.225 e. The van der Waals surface area contributed by atoms with Crippen LogP contribution in [0.15, 0.2) is 12.1 Å². The van der Waals surface area contributed by atoms with Crippen molar-refractivity contribution in [3.05, 3.63) is 28.5 Å². The summed E-state index contributed by atoms with van der Waals surface area (Å²) in [6.07, 6.45) is -2.65. The second-order valence-electron chi connectivity index (χ2n) is 1.99. The molecule has 5 heteroatoms. The Kier molecular flexibility index (Phi) is 2.56. The van der Waals surface area contributed by atoms with Gasteiger partial charge in [-0.05, 0) is 12.1 Å². The molecular formula is C7H3ClF2N2. The van der Waals surface area contributed by atoms with Gasteiger partial charge in [0.25, 0.3) is 6.43 Å². The number of pyridine rings is 1. The fourth-order valence-corrected chi connectivity index (χ4v) is 0.907. The monoisotopic (exact) mass is 188 g/mol. The van der Waals surface area contributed by atoms with E-state index >= 15 is 0 Å². The van der Waals surface area contributed by atoms with Gasteiger partial charge in [-0.25, -0.2) is 13.8 Å². The first-order valence-corrected chi connectivity index (χ1v) is 3.37. The fraction of sp³-hybridized carbons (Fsp3) is 0.143. The molecule has 2 nitrogen and oxygen atoms in total. The predicted octanol–water partition coefficient (Wildman–Crippen LogP) is 2.54. The van der Waals surface area contributed by atoms with E-state index < -0.39 is 6.43 Å². The summed E-state index contributed by atoms with van der Waals surface area (Å²) in [6.45, 7) is 0.